The molecule has 1 aromatic carbocycles. The Bertz CT molecular complexity index is 558. The maximum atomic E-state index is 12.8. The van der Waals surface area contributed by atoms with Crippen molar-refractivity contribution in [2.75, 3.05) is 12.4 Å². The minimum absolute atomic E-state index is 0.128. The van der Waals surface area contributed by atoms with Crippen molar-refractivity contribution in [3.8, 4) is 5.75 Å². The van der Waals surface area contributed by atoms with Crippen molar-refractivity contribution in [3.63, 3.8) is 0 Å². The van der Waals surface area contributed by atoms with Crippen LogP contribution in [0.15, 0.2) is 24.3 Å². The van der Waals surface area contributed by atoms with Crippen LogP contribution >= 0.6 is 0 Å². The lowest BCUT2D eigenvalue weighted by atomic mass is 10.1. The maximum Gasteiger partial charge on any atom is 0.419 e. The molecule has 0 heterocycles. The van der Waals surface area contributed by atoms with Crippen molar-refractivity contribution >= 4 is 10.0 Å². The van der Waals surface area contributed by atoms with E-state index in [1.165, 1.54) is 18.2 Å². The molecule has 21 heavy (non-hydrogen) atoms. The van der Waals surface area contributed by atoms with Gasteiger partial charge in [0.25, 0.3) is 0 Å². The third-order valence-electron chi connectivity index (χ3n) is 2.83. The summed E-state index contributed by atoms with van der Waals surface area (Å²) in [4.78, 5) is 0. The Kier molecular flexibility index (Phi) is 6.03. The van der Waals surface area contributed by atoms with E-state index in [2.05, 4.69) is 0 Å². The highest BCUT2D eigenvalue weighted by atomic mass is 32.2. The van der Waals surface area contributed by atoms with Crippen LogP contribution in [-0.2, 0) is 16.2 Å². The van der Waals surface area contributed by atoms with Crippen LogP contribution in [0, 0.1) is 5.92 Å². The average molecular weight is 325 g/mol. The van der Waals surface area contributed by atoms with Crippen molar-refractivity contribution in [2.45, 2.75) is 25.9 Å². The van der Waals surface area contributed by atoms with Crippen LogP contribution in [0.2, 0.25) is 0 Å². The normalized spacial score (nSPS) is 14.0. The zero-order valence-corrected chi connectivity index (χ0v) is 12.4. The van der Waals surface area contributed by atoms with Crippen LogP contribution in [0.5, 0.6) is 5.75 Å². The van der Waals surface area contributed by atoms with Gasteiger partial charge in [0.2, 0.25) is 10.0 Å². The van der Waals surface area contributed by atoms with Gasteiger partial charge < -0.3 is 4.74 Å². The Morgan fingerprint density at radius 3 is 2.43 bits per heavy atom. The molecule has 1 unspecified atom stereocenters. The van der Waals surface area contributed by atoms with Gasteiger partial charge in [0.15, 0.2) is 0 Å². The van der Waals surface area contributed by atoms with Gasteiger partial charge in [-0.25, -0.2) is 13.6 Å². The number of nitrogens with two attached hydrogens (primary N) is 1. The molecule has 0 radical (unpaired) electrons. The minimum Gasteiger partial charge on any atom is -0.493 e. The molecule has 4 nitrogen and oxygen atoms in total. The second-order valence-corrected chi connectivity index (χ2v) is 6.45. The second kappa shape index (κ2) is 7.13. The number of ether oxygens (including phenoxy) is 1. The van der Waals surface area contributed by atoms with Gasteiger partial charge in [-0.3, -0.25) is 0 Å². The fraction of sp³-hybridized carbons (Fsp3) is 0.538. The molecule has 0 amide bonds. The van der Waals surface area contributed by atoms with Gasteiger partial charge in [-0.15, -0.1) is 0 Å². The number of rotatable bonds is 7. The van der Waals surface area contributed by atoms with Crippen molar-refractivity contribution < 1.29 is 26.3 Å². The van der Waals surface area contributed by atoms with Crippen LogP contribution < -0.4 is 9.88 Å². The van der Waals surface area contributed by atoms with E-state index in [0.29, 0.717) is 12.8 Å². The second-order valence-electron chi connectivity index (χ2n) is 4.79. The number of sulfonamides is 1. The zero-order chi connectivity index (χ0) is 16.1. The van der Waals surface area contributed by atoms with Gasteiger partial charge in [0.1, 0.15) is 5.75 Å². The van der Waals surface area contributed by atoms with Gasteiger partial charge in [-0.1, -0.05) is 25.5 Å². The highest BCUT2D eigenvalue weighted by Gasteiger charge is 2.34. The molecule has 0 saturated heterocycles. The van der Waals surface area contributed by atoms with Crippen LogP contribution in [0.25, 0.3) is 0 Å². The lowest BCUT2D eigenvalue weighted by Gasteiger charge is -2.18. The highest BCUT2D eigenvalue weighted by molar-refractivity contribution is 7.89. The van der Waals surface area contributed by atoms with E-state index in [9.17, 15) is 21.6 Å². The van der Waals surface area contributed by atoms with Gasteiger partial charge >= 0.3 is 6.18 Å². The SMILES string of the molecule is CCCC(COc1ccccc1C(F)(F)F)CS(N)(=O)=O. The number of benzene rings is 1. The molecule has 0 bridgehead atoms. The van der Waals surface area contributed by atoms with E-state index in [1.807, 2.05) is 6.92 Å². The highest BCUT2D eigenvalue weighted by Crippen LogP contribution is 2.36. The van der Waals surface area contributed by atoms with Gasteiger partial charge in [0.05, 0.1) is 17.9 Å². The van der Waals surface area contributed by atoms with Gasteiger partial charge in [0, 0.05) is 5.92 Å². The van der Waals surface area contributed by atoms with Gasteiger partial charge in [-0.2, -0.15) is 13.2 Å². The minimum atomic E-state index is -4.52. The lowest BCUT2D eigenvalue weighted by Crippen LogP contribution is -2.27. The van der Waals surface area contributed by atoms with E-state index >= 15 is 0 Å². The third kappa shape index (κ3) is 6.34. The molecular formula is C13H18F3NO3S. The summed E-state index contributed by atoms with van der Waals surface area (Å²) in [5.74, 6) is -1.05. The first-order valence-electron chi connectivity index (χ1n) is 6.43. The monoisotopic (exact) mass is 325 g/mol. The molecule has 0 spiro atoms. The predicted molar refractivity (Wildman–Crippen MR) is 73.3 cm³/mol. The van der Waals surface area contributed by atoms with E-state index in [-0.39, 0.29) is 18.1 Å². The summed E-state index contributed by atoms with van der Waals surface area (Å²) < 4.78 is 65.8. The van der Waals surface area contributed by atoms with Crippen molar-refractivity contribution in [3.05, 3.63) is 29.8 Å². The number of hydrogen-bond acceptors (Lipinski definition) is 3. The number of para-hydroxylation sites is 1. The maximum absolute atomic E-state index is 12.8. The molecule has 0 aliphatic heterocycles. The molecule has 1 atom stereocenters. The summed E-state index contributed by atoms with van der Waals surface area (Å²) in [5.41, 5.74) is -0.879. The summed E-state index contributed by atoms with van der Waals surface area (Å²) in [6.07, 6.45) is -3.33. The first kappa shape index (κ1) is 17.8. The smallest absolute Gasteiger partial charge is 0.419 e. The number of primary sulfonamides is 1. The molecule has 120 valence electrons. The van der Waals surface area contributed by atoms with E-state index in [0.717, 1.165) is 6.07 Å². The van der Waals surface area contributed by atoms with Crippen LogP contribution in [0.4, 0.5) is 13.2 Å². The first-order valence-corrected chi connectivity index (χ1v) is 8.14. The van der Waals surface area contributed by atoms with Gasteiger partial charge in [-0.05, 0) is 18.6 Å². The molecule has 0 fully saturated rings. The Balaban J connectivity index is 2.81. The van der Waals surface area contributed by atoms with E-state index in [4.69, 9.17) is 9.88 Å². The Labute approximate surface area is 122 Å². The zero-order valence-electron chi connectivity index (χ0n) is 11.6. The summed E-state index contributed by atoms with van der Waals surface area (Å²) in [6, 6.07) is 4.83. The number of alkyl halides is 3. The Morgan fingerprint density at radius 2 is 1.90 bits per heavy atom. The molecule has 0 aliphatic carbocycles. The summed E-state index contributed by atoms with van der Waals surface area (Å²) >= 11 is 0. The predicted octanol–water partition coefficient (Wildman–Crippen LogP) is 2.79. The fourth-order valence-electron chi connectivity index (χ4n) is 1.99. The Morgan fingerprint density at radius 1 is 1.29 bits per heavy atom. The fourth-order valence-corrected chi connectivity index (χ4v) is 2.91. The summed E-state index contributed by atoms with van der Waals surface area (Å²) in [7, 11) is -3.69. The summed E-state index contributed by atoms with van der Waals surface area (Å²) in [5, 5.41) is 4.97. The van der Waals surface area contributed by atoms with E-state index < -0.39 is 27.7 Å². The standard InChI is InChI=1S/C13H18F3NO3S/c1-2-5-10(9-21(17,18)19)8-20-12-7-4-3-6-11(12)13(14,15)16/h3-4,6-7,10H,2,5,8-9H2,1H3,(H2,17,18,19). The number of hydrogen-bond donors (Lipinski definition) is 1. The largest absolute Gasteiger partial charge is 0.493 e. The lowest BCUT2D eigenvalue weighted by molar-refractivity contribution is -0.139. The topological polar surface area (TPSA) is 69.4 Å². The number of halogens is 3. The molecule has 0 saturated carbocycles. The first-order chi connectivity index (χ1) is 9.63. The molecule has 8 heteroatoms. The van der Waals surface area contributed by atoms with E-state index in [1.54, 1.807) is 0 Å². The molecular weight excluding hydrogens is 307 g/mol. The van der Waals surface area contributed by atoms with Crippen LogP contribution in [0.3, 0.4) is 0 Å². The Hall–Kier alpha value is -1.28. The quantitative estimate of drug-likeness (QED) is 0.838. The summed E-state index contributed by atoms with van der Waals surface area (Å²) in [6.45, 7) is 1.72. The molecule has 0 aromatic heterocycles. The molecule has 1 aromatic rings. The van der Waals surface area contributed by atoms with Crippen LogP contribution in [0.1, 0.15) is 25.3 Å². The van der Waals surface area contributed by atoms with Crippen molar-refractivity contribution in [1.82, 2.24) is 0 Å². The van der Waals surface area contributed by atoms with Crippen LogP contribution in [-0.4, -0.2) is 20.8 Å². The third-order valence-corrected chi connectivity index (χ3v) is 3.77. The molecule has 1 rings (SSSR count). The van der Waals surface area contributed by atoms with Crippen molar-refractivity contribution in [1.29, 1.82) is 0 Å². The molecule has 2 N–H and O–H groups in total. The molecule has 0 aliphatic rings. The average Bonchev–Trinajstić information content (AvgIpc) is 2.34. The van der Waals surface area contributed by atoms with Crippen molar-refractivity contribution in [2.24, 2.45) is 11.1 Å².